The predicted octanol–water partition coefficient (Wildman–Crippen LogP) is 4.84. The van der Waals surface area contributed by atoms with E-state index in [-0.39, 0.29) is 11.5 Å². The molecule has 2 aromatic rings. The van der Waals surface area contributed by atoms with Crippen molar-refractivity contribution in [1.82, 2.24) is 4.90 Å². The number of hydrogen-bond donors (Lipinski definition) is 1. The van der Waals surface area contributed by atoms with Gasteiger partial charge in [0.25, 0.3) is 11.1 Å². The number of amides is 3. The third-order valence-electron chi connectivity index (χ3n) is 4.50. The largest absolute Gasteiger partial charge is 0.494 e. The highest BCUT2D eigenvalue weighted by Gasteiger charge is 2.36. The van der Waals surface area contributed by atoms with Crippen LogP contribution in [-0.2, 0) is 19.1 Å². The van der Waals surface area contributed by atoms with Crippen molar-refractivity contribution >= 4 is 78.4 Å². The Bertz CT molecular complexity index is 1160. The highest BCUT2D eigenvalue weighted by atomic mass is 79.9. The standard InChI is InChI=1S/C23H20Br2N2O7S/c1-3-33-15-6-4-14(5-7-15)26-19(28)11-27-22(30)18(35-23(27)31)10-13-8-16(24)21(17(25)9-13)34-12-20(29)32-2/h4-10H,3,11-12H2,1-2H3,(H,26,28)/b18-10+. The molecule has 0 saturated carbocycles. The molecule has 0 atom stereocenters. The van der Waals surface area contributed by atoms with E-state index in [1.165, 1.54) is 13.2 Å². The molecule has 0 radical (unpaired) electrons. The summed E-state index contributed by atoms with van der Waals surface area (Å²) in [6.07, 6.45) is 1.54. The zero-order chi connectivity index (χ0) is 25.5. The van der Waals surface area contributed by atoms with Crippen LogP contribution >= 0.6 is 43.6 Å². The fourth-order valence-corrected chi connectivity index (χ4v) is 5.21. The van der Waals surface area contributed by atoms with Gasteiger partial charge in [-0.25, -0.2) is 4.79 Å². The second-order valence-corrected chi connectivity index (χ2v) is 9.65. The van der Waals surface area contributed by atoms with Crippen LogP contribution in [0.3, 0.4) is 0 Å². The van der Waals surface area contributed by atoms with E-state index in [1.807, 2.05) is 6.92 Å². The predicted molar refractivity (Wildman–Crippen MR) is 138 cm³/mol. The van der Waals surface area contributed by atoms with Crippen molar-refractivity contribution in [3.63, 3.8) is 0 Å². The summed E-state index contributed by atoms with van der Waals surface area (Å²) in [6, 6.07) is 10.1. The average Bonchev–Trinajstić information content (AvgIpc) is 3.07. The smallest absolute Gasteiger partial charge is 0.343 e. The zero-order valence-electron chi connectivity index (χ0n) is 18.6. The molecule has 2 aromatic carbocycles. The van der Waals surface area contributed by atoms with E-state index in [2.05, 4.69) is 41.9 Å². The first-order valence-electron chi connectivity index (χ1n) is 10.2. The molecule has 12 heteroatoms. The summed E-state index contributed by atoms with van der Waals surface area (Å²) in [4.78, 5) is 50.0. The number of benzene rings is 2. The van der Waals surface area contributed by atoms with Crippen LogP contribution in [0.2, 0.25) is 0 Å². The summed E-state index contributed by atoms with van der Waals surface area (Å²) in [6.45, 7) is 1.71. The van der Waals surface area contributed by atoms with E-state index in [9.17, 15) is 19.2 Å². The Labute approximate surface area is 222 Å². The minimum atomic E-state index is -0.569. The molecule has 0 aromatic heterocycles. The van der Waals surface area contributed by atoms with E-state index in [1.54, 1.807) is 36.4 Å². The number of nitrogens with zero attached hydrogens (tertiary/aromatic N) is 1. The van der Waals surface area contributed by atoms with Crippen LogP contribution in [0.15, 0.2) is 50.2 Å². The fraction of sp³-hybridized carbons (Fsp3) is 0.217. The molecule has 1 aliphatic rings. The maximum absolute atomic E-state index is 12.8. The van der Waals surface area contributed by atoms with Gasteiger partial charge in [0.2, 0.25) is 5.91 Å². The molecule has 0 bridgehead atoms. The van der Waals surface area contributed by atoms with Gasteiger partial charge < -0.3 is 19.5 Å². The lowest BCUT2D eigenvalue weighted by molar-refractivity contribution is -0.143. The molecule has 0 unspecified atom stereocenters. The highest BCUT2D eigenvalue weighted by molar-refractivity contribution is 9.11. The molecular formula is C23H20Br2N2O7S. The van der Waals surface area contributed by atoms with E-state index < -0.39 is 29.6 Å². The molecule has 0 spiro atoms. The van der Waals surface area contributed by atoms with Gasteiger partial charge in [0.15, 0.2) is 6.61 Å². The summed E-state index contributed by atoms with van der Waals surface area (Å²) >= 11 is 7.48. The number of hydrogen-bond acceptors (Lipinski definition) is 8. The van der Waals surface area contributed by atoms with E-state index in [0.717, 1.165) is 16.7 Å². The maximum atomic E-state index is 12.8. The number of halogens is 2. The van der Waals surface area contributed by atoms with Crippen molar-refractivity contribution in [3.05, 3.63) is 55.8 Å². The van der Waals surface area contributed by atoms with Gasteiger partial charge in [0.1, 0.15) is 18.0 Å². The average molecular weight is 628 g/mol. The van der Waals surface area contributed by atoms with Crippen LogP contribution < -0.4 is 14.8 Å². The first-order chi connectivity index (χ1) is 16.7. The van der Waals surface area contributed by atoms with Gasteiger partial charge in [0.05, 0.1) is 27.6 Å². The molecule has 3 amide bonds. The van der Waals surface area contributed by atoms with Gasteiger partial charge in [-0.3, -0.25) is 19.3 Å². The van der Waals surface area contributed by atoms with Crippen LogP contribution in [0.5, 0.6) is 11.5 Å². The van der Waals surface area contributed by atoms with E-state index in [0.29, 0.717) is 38.3 Å². The number of nitrogens with one attached hydrogen (secondary N) is 1. The summed E-state index contributed by atoms with van der Waals surface area (Å²) in [5.74, 6) is -0.557. The van der Waals surface area contributed by atoms with Crippen LogP contribution in [0, 0.1) is 0 Å². The molecule has 1 N–H and O–H groups in total. The van der Waals surface area contributed by atoms with Crippen molar-refractivity contribution in [2.45, 2.75) is 6.92 Å². The van der Waals surface area contributed by atoms with Crippen LogP contribution in [-0.4, -0.2) is 54.8 Å². The normalized spacial score (nSPS) is 14.3. The molecule has 184 valence electrons. The SMILES string of the molecule is CCOc1ccc(NC(=O)CN2C(=O)S/C(=C/c3cc(Br)c(OCC(=O)OC)c(Br)c3)C2=O)cc1. The number of rotatable bonds is 9. The number of imide groups is 1. The molecule has 1 fully saturated rings. The Morgan fingerprint density at radius 1 is 1.09 bits per heavy atom. The quantitative estimate of drug-likeness (QED) is 0.311. The van der Waals surface area contributed by atoms with E-state index in [4.69, 9.17) is 9.47 Å². The number of esters is 1. The van der Waals surface area contributed by atoms with Crippen LogP contribution in [0.1, 0.15) is 12.5 Å². The van der Waals surface area contributed by atoms with Crippen LogP contribution in [0.25, 0.3) is 6.08 Å². The second kappa shape index (κ2) is 12.2. The maximum Gasteiger partial charge on any atom is 0.343 e. The number of anilines is 1. The lowest BCUT2D eigenvalue weighted by atomic mass is 10.2. The lowest BCUT2D eigenvalue weighted by Crippen LogP contribution is -2.36. The van der Waals surface area contributed by atoms with Crippen molar-refractivity contribution < 1.29 is 33.4 Å². The third-order valence-corrected chi connectivity index (χ3v) is 6.59. The Kier molecular flexibility index (Phi) is 9.35. The zero-order valence-corrected chi connectivity index (χ0v) is 22.6. The fourth-order valence-electron chi connectivity index (χ4n) is 2.92. The van der Waals surface area contributed by atoms with Crippen molar-refractivity contribution in [1.29, 1.82) is 0 Å². The molecule has 1 heterocycles. The monoisotopic (exact) mass is 626 g/mol. The van der Waals surface area contributed by atoms with Gasteiger partial charge >= 0.3 is 5.97 Å². The number of thioether (sulfide) groups is 1. The van der Waals surface area contributed by atoms with Gasteiger partial charge in [-0.2, -0.15) is 0 Å². The van der Waals surface area contributed by atoms with Crippen molar-refractivity contribution in [2.24, 2.45) is 0 Å². The number of ether oxygens (including phenoxy) is 3. The molecule has 1 saturated heterocycles. The highest BCUT2D eigenvalue weighted by Crippen LogP contribution is 2.37. The third kappa shape index (κ3) is 7.09. The molecule has 0 aliphatic carbocycles. The summed E-state index contributed by atoms with van der Waals surface area (Å²) in [7, 11) is 1.26. The van der Waals surface area contributed by atoms with Crippen LogP contribution in [0.4, 0.5) is 10.5 Å². The Morgan fingerprint density at radius 3 is 2.34 bits per heavy atom. The Balaban J connectivity index is 1.67. The van der Waals surface area contributed by atoms with Crippen molar-refractivity contribution in [3.8, 4) is 11.5 Å². The summed E-state index contributed by atoms with van der Waals surface area (Å²) < 4.78 is 16.4. The first-order valence-corrected chi connectivity index (χ1v) is 12.6. The molecule has 3 rings (SSSR count). The van der Waals surface area contributed by atoms with Gasteiger partial charge in [0, 0.05) is 5.69 Å². The number of methoxy groups -OCH3 is 1. The summed E-state index contributed by atoms with van der Waals surface area (Å²) in [5, 5.41) is 2.12. The molecule has 35 heavy (non-hydrogen) atoms. The molecule has 1 aliphatic heterocycles. The van der Waals surface area contributed by atoms with Gasteiger partial charge in [-0.15, -0.1) is 0 Å². The minimum Gasteiger partial charge on any atom is -0.494 e. The Hall–Kier alpha value is -2.83. The molecular weight excluding hydrogens is 608 g/mol. The topological polar surface area (TPSA) is 111 Å². The summed E-state index contributed by atoms with van der Waals surface area (Å²) in [5.41, 5.74) is 1.11. The Morgan fingerprint density at radius 2 is 1.74 bits per heavy atom. The number of carbonyl (C=O) groups is 4. The minimum absolute atomic E-state index is 0.172. The van der Waals surface area contributed by atoms with Crippen molar-refractivity contribution in [2.75, 3.05) is 32.2 Å². The lowest BCUT2D eigenvalue weighted by Gasteiger charge is -2.13. The van der Waals surface area contributed by atoms with E-state index >= 15 is 0 Å². The van der Waals surface area contributed by atoms with Gasteiger partial charge in [-0.05, 0) is 98.6 Å². The molecule has 9 nitrogen and oxygen atoms in total. The number of carbonyl (C=O) groups excluding carboxylic acids is 4. The van der Waals surface area contributed by atoms with Gasteiger partial charge in [-0.1, -0.05) is 0 Å². The first kappa shape index (κ1) is 26.8. The second-order valence-electron chi connectivity index (χ2n) is 6.95.